The standard InChI is InChI=1S/C14H14N2O2/c15-16(12-7-2-1-3-8-12)14(18)13-9-5-4-6-11(13)10-17/h1-9,17H,10,15H2. The number of aliphatic hydroxyl groups is 1. The topological polar surface area (TPSA) is 66.6 Å². The molecule has 0 spiro atoms. The smallest absolute Gasteiger partial charge is 0.272 e. The van der Waals surface area contributed by atoms with E-state index in [4.69, 9.17) is 5.84 Å². The van der Waals surface area contributed by atoms with Crippen molar-refractivity contribution in [3.05, 3.63) is 65.7 Å². The summed E-state index contributed by atoms with van der Waals surface area (Å²) < 4.78 is 0. The minimum absolute atomic E-state index is 0.190. The first-order chi connectivity index (χ1) is 8.74. The summed E-state index contributed by atoms with van der Waals surface area (Å²) in [6, 6.07) is 15.8. The number of carbonyl (C=O) groups is 1. The molecule has 0 saturated carbocycles. The minimum atomic E-state index is -0.342. The largest absolute Gasteiger partial charge is 0.392 e. The third kappa shape index (κ3) is 2.40. The number of aliphatic hydroxyl groups excluding tert-OH is 1. The predicted molar refractivity (Wildman–Crippen MR) is 69.8 cm³/mol. The molecular weight excluding hydrogens is 228 g/mol. The molecule has 18 heavy (non-hydrogen) atoms. The molecule has 4 nitrogen and oxygen atoms in total. The fraction of sp³-hybridized carbons (Fsp3) is 0.0714. The lowest BCUT2D eigenvalue weighted by Crippen LogP contribution is -2.37. The zero-order chi connectivity index (χ0) is 13.0. The lowest BCUT2D eigenvalue weighted by atomic mass is 10.1. The molecular formula is C14H14N2O2. The van der Waals surface area contributed by atoms with Crippen LogP contribution in [-0.4, -0.2) is 11.0 Å². The number of hydrogen-bond donors (Lipinski definition) is 2. The molecule has 92 valence electrons. The van der Waals surface area contributed by atoms with Gasteiger partial charge in [0.15, 0.2) is 0 Å². The van der Waals surface area contributed by atoms with Crippen LogP contribution in [0, 0.1) is 0 Å². The maximum Gasteiger partial charge on any atom is 0.272 e. The fourth-order valence-electron chi connectivity index (χ4n) is 1.70. The maximum atomic E-state index is 12.2. The predicted octanol–water partition coefficient (Wildman–Crippen LogP) is 1.70. The average molecular weight is 242 g/mol. The first-order valence-corrected chi connectivity index (χ1v) is 5.57. The van der Waals surface area contributed by atoms with Crippen molar-refractivity contribution >= 4 is 11.6 Å². The third-order valence-corrected chi connectivity index (χ3v) is 2.67. The van der Waals surface area contributed by atoms with Crippen molar-refractivity contribution in [2.75, 3.05) is 5.01 Å². The number of anilines is 1. The number of hydrogen-bond acceptors (Lipinski definition) is 3. The van der Waals surface area contributed by atoms with E-state index >= 15 is 0 Å². The third-order valence-electron chi connectivity index (χ3n) is 2.67. The van der Waals surface area contributed by atoms with Crippen molar-refractivity contribution in [1.29, 1.82) is 0 Å². The Balaban J connectivity index is 2.32. The highest BCUT2D eigenvalue weighted by Crippen LogP contribution is 2.16. The molecule has 0 aliphatic heterocycles. The van der Waals surface area contributed by atoms with Crippen molar-refractivity contribution in [3.63, 3.8) is 0 Å². The highest BCUT2D eigenvalue weighted by Gasteiger charge is 2.16. The van der Waals surface area contributed by atoms with E-state index < -0.39 is 0 Å². The summed E-state index contributed by atoms with van der Waals surface area (Å²) in [7, 11) is 0. The van der Waals surface area contributed by atoms with Crippen molar-refractivity contribution in [2.45, 2.75) is 6.61 Å². The van der Waals surface area contributed by atoms with Crippen molar-refractivity contribution in [2.24, 2.45) is 5.84 Å². The molecule has 0 radical (unpaired) electrons. The van der Waals surface area contributed by atoms with E-state index in [2.05, 4.69) is 0 Å². The van der Waals surface area contributed by atoms with E-state index in [1.54, 1.807) is 48.5 Å². The lowest BCUT2D eigenvalue weighted by molar-refractivity contribution is 0.0984. The zero-order valence-electron chi connectivity index (χ0n) is 9.78. The van der Waals surface area contributed by atoms with E-state index in [0.29, 0.717) is 16.8 Å². The summed E-state index contributed by atoms with van der Waals surface area (Å²) in [5.41, 5.74) is 1.58. The van der Waals surface area contributed by atoms with Gasteiger partial charge in [0.05, 0.1) is 12.3 Å². The summed E-state index contributed by atoms with van der Waals surface area (Å²) in [6.07, 6.45) is 0. The van der Waals surface area contributed by atoms with E-state index in [9.17, 15) is 9.90 Å². The number of carbonyl (C=O) groups excluding carboxylic acids is 1. The van der Waals surface area contributed by atoms with Gasteiger partial charge in [-0.25, -0.2) is 10.9 Å². The van der Waals surface area contributed by atoms with Crippen LogP contribution >= 0.6 is 0 Å². The van der Waals surface area contributed by atoms with Crippen LogP contribution in [0.5, 0.6) is 0 Å². The van der Waals surface area contributed by atoms with Crippen LogP contribution in [-0.2, 0) is 6.61 Å². The molecule has 4 heteroatoms. The molecule has 0 aliphatic carbocycles. The summed E-state index contributed by atoms with van der Waals surface area (Å²) in [4.78, 5) is 12.2. The van der Waals surface area contributed by atoms with Crippen LogP contribution in [0.2, 0.25) is 0 Å². The van der Waals surface area contributed by atoms with Gasteiger partial charge in [-0.2, -0.15) is 0 Å². The Bertz CT molecular complexity index is 541. The van der Waals surface area contributed by atoms with Crippen LogP contribution in [0.4, 0.5) is 5.69 Å². The Hall–Kier alpha value is -2.17. The van der Waals surface area contributed by atoms with E-state index in [1.807, 2.05) is 6.07 Å². The summed E-state index contributed by atoms with van der Waals surface area (Å²) >= 11 is 0. The SMILES string of the molecule is NN(C(=O)c1ccccc1CO)c1ccccc1. The number of nitrogens with two attached hydrogens (primary N) is 1. The maximum absolute atomic E-state index is 12.2. The number of para-hydroxylation sites is 1. The minimum Gasteiger partial charge on any atom is -0.392 e. The molecule has 3 N–H and O–H groups in total. The molecule has 0 atom stereocenters. The Morgan fingerprint density at radius 1 is 1.06 bits per heavy atom. The van der Waals surface area contributed by atoms with Crippen molar-refractivity contribution < 1.29 is 9.90 Å². The summed E-state index contributed by atoms with van der Waals surface area (Å²) in [5, 5.41) is 10.3. The van der Waals surface area contributed by atoms with Crippen LogP contribution < -0.4 is 10.9 Å². The van der Waals surface area contributed by atoms with Crippen LogP contribution in [0.3, 0.4) is 0 Å². The lowest BCUT2D eigenvalue weighted by Gasteiger charge is -2.18. The van der Waals surface area contributed by atoms with E-state index in [-0.39, 0.29) is 12.5 Å². The molecule has 0 saturated heterocycles. The zero-order valence-corrected chi connectivity index (χ0v) is 9.78. The van der Waals surface area contributed by atoms with Crippen molar-refractivity contribution in [3.8, 4) is 0 Å². The second kappa shape index (κ2) is 5.44. The van der Waals surface area contributed by atoms with Gasteiger partial charge in [0, 0.05) is 5.56 Å². The van der Waals surface area contributed by atoms with E-state index in [0.717, 1.165) is 5.01 Å². The fourth-order valence-corrected chi connectivity index (χ4v) is 1.70. The summed E-state index contributed by atoms with van der Waals surface area (Å²) in [6.45, 7) is -0.190. The van der Waals surface area contributed by atoms with Crippen LogP contribution in [0.1, 0.15) is 15.9 Å². The average Bonchev–Trinajstić information content (AvgIpc) is 2.46. The summed E-state index contributed by atoms with van der Waals surface area (Å²) in [5.74, 6) is 5.45. The van der Waals surface area contributed by atoms with Gasteiger partial charge in [-0.1, -0.05) is 36.4 Å². The van der Waals surface area contributed by atoms with Gasteiger partial charge in [-0.3, -0.25) is 4.79 Å². The highest BCUT2D eigenvalue weighted by molar-refractivity contribution is 6.06. The Labute approximate surface area is 105 Å². The normalized spacial score (nSPS) is 10.1. The number of hydrazine groups is 1. The van der Waals surface area contributed by atoms with Crippen LogP contribution in [0.25, 0.3) is 0 Å². The van der Waals surface area contributed by atoms with Gasteiger partial charge in [0.2, 0.25) is 0 Å². The molecule has 0 fully saturated rings. The second-order valence-corrected chi connectivity index (χ2v) is 3.83. The monoisotopic (exact) mass is 242 g/mol. The van der Waals surface area contributed by atoms with Gasteiger partial charge < -0.3 is 5.11 Å². The first kappa shape index (κ1) is 12.3. The highest BCUT2D eigenvalue weighted by atomic mass is 16.3. The molecule has 0 aromatic heterocycles. The molecule has 0 aliphatic rings. The van der Waals surface area contributed by atoms with Gasteiger partial charge in [-0.05, 0) is 23.8 Å². The number of rotatable bonds is 3. The van der Waals surface area contributed by atoms with Gasteiger partial charge in [0.1, 0.15) is 0 Å². The van der Waals surface area contributed by atoms with Gasteiger partial charge in [0.25, 0.3) is 5.91 Å². The molecule has 2 aromatic rings. The first-order valence-electron chi connectivity index (χ1n) is 5.57. The molecule has 2 aromatic carbocycles. The molecule has 0 unspecified atom stereocenters. The molecule has 1 amide bonds. The van der Waals surface area contributed by atoms with Gasteiger partial charge in [-0.15, -0.1) is 0 Å². The molecule has 0 heterocycles. The Kier molecular flexibility index (Phi) is 3.72. The molecule has 0 bridgehead atoms. The Morgan fingerprint density at radius 2 is 1.67 bits per heavy atom. The second-order valence-electron chi connectivity index (χ2n) is 3.83. The van der Waals surface area contributed by atoms with Crippen molar-refractivity contribution in [1.82, 2.24) is 0 Å². The van der Waals surface area contributed by atoms with E-state index in [1.165, 1.54) is 0 Å². The Morgan fingerprint density at radius 3 is 2.33 bits per heavy atom. The number of amides is 1. The quantitative estimate of drug-likeness (QED) is 0.489. The number of benzene rings is 2. The van der Waals surface area contributed by atoms with Gasteiger partial charge >= 0.3 is 0 Å². The van der Waals surface area contributed by atoms with Crippen LogP contribution in [0.15, 0.2) is 54.6 Å². The molecule has 2 rings (SSSR count). The number of nitrogens with zero attached hydrogens (tertiary/aromatic N) is 1.